The van der Waals surface area contributed by atoms with Crippen LogP contribution in [-0.4, -0.2) is 32.7 Å². The Morgan fingerprint density at radius 3 is 2.62 bits per heavy atom. The van der Waals surface area contributed by atoms with Gasteiger partial charge in [0, 0.05) is 28.8 Å². The van der Waals surface area contributed by atoms with Crippen LogP contribution in [0.3, 0.4) is 0 Å². The first kappa shape index (κ1) is 19.5. The molecule has 0 saturated heterocycles. The minimum atomic E-state index is -0.678. The number of aromatic nitrogens is 1. The number of carbonyl (C=O) groups excluding carboxylic acids is 1. The summed E-state index contributed by atoms with van der Waals surface area (Å²) < 4.78 is 5.39. The molecule has 1 aliphatic rings. The number of phenols is 1. The number of phenolic OH excluding ortho intramolecular Hbond substituents is 1. The van der Waals surface area contributed by atoms with Crippen molar-refractivity contribution in [1.82, 2.24) is 10.3 Å². The summed E-state index contributed by atoms with van der Waals surface area (Å²) in [6, 6.07) is 8.56. The van der Waals surface area contributed by atoms with Crippen LogP contribution in [0.1, 0.15) is 49.9 Å². The lowest BCUT2D eigenvalue weighted by atomic mass is 9.77. The first-order valence-electron chi connectivity index (χ1n) is 10.0. The van der Waals surface area contributed by atoms with Crippen LogP contribution < -0.4 is 5.32 Å². The second-order valence-corrected chi connectivity index (χ2v) is 8.40. The molecule has 6 nitrogen and oxygen atoms in total. The maximum absolute atomic E-state index is 12.7. The maximum Gasteiger partial charge on any atom is 0.251 e. The molecule has 1 amide bonds. The van der Waals surface area contributed by atoms with E-state index in [-0.39, 0.29) is 23.6 Å². The van der Waals surface area contributed by atoms with E-state index < -0.39 is 5.60 Å². The summed E-state index contributed by atoms with van der Waals surface area (Å²) in [7, 11) is 0. The first-order valence-corrected chi connectivity index (χ1v) is 10.0. The predicted molar refractivity (Wildman–Crippen MR) is 111 cm³/mol. The normalized spacial score (nSPS) is 20.0. The Labute approximate surface area is 169 Å². The Balaban J connectivity index is 1.47. The van der Waals surface area contributed by atoms with Gasteiger partial charge in [0.15, 0.2) is 0 Å². The van der Waals surface area contributed by atoms with Gasteiger partial charge in [-0.25, -0.2) is 0 Å². The van der Waals surface area contributed by atoms with Crippen molar-refractivity contribution in [2.75, 3.05) is 0 Å². The Kier molecular flexibility index (Phi) is 5.04. The number of fused-ring (bicyclic) bond motifs is 1. The van der Waals surface area contributed by atoms with Crippen LogP contribution in [-0.2, 0) is 0 Å². The average molecular weight is 394 g/mol. The fourth-order valence-electron chi connectivity index (χ4n) is 4.20. The summed E-state index contributed by atoms with van der Waals surface area (Å²) in [5.41, 5.74) is 1.60. The lowest BCUT2D eigenvalue weighted by Crippen LogP contribution is -2.41. The van der Waals surface area contributed by atoms with Crippen molar-refractivity contribution in [2.24, 2.45) is 5.92 Å². The van der Waals surface area contributed by atoms with Gasteiger partial charge in [-0.3, -0.25) is 9.78 Å². The van der Waals surface area contributed by atoms with Gasteiger partial charge in [0.25, 0.3) is 5.91 Å². The molecule has 3 N–H and O–H groups in total. The quantitative estimate of drug-likeness (QED) is 0.614. The van der Waals surface area contributed by atoms with Crippen molar-refractivity contribution in [1.29, 1.82) is 0 Å². The molecule has 0 spiro atoms. The lowest BCUT2D eigenvalue weighted by Gasteiger charge is -2.36. The topological polar surface area (TPSA) is 95.6 Å². The molecule has 6 heteroatoms. The molecule has 2 aromatic heterocycles. The second kappa shape index (κ2) is 7.52. The third-order valence-corrected chi connectivity index (χ3v) is 5.96. The summed E-state index contributed by atoms with van der Waals surface area (Å²) in [6.07, 6.45) is 6.68. The summed E-state index contributed by atoms with van der Waals surface area (Å²) in [5.74, 6) is 0.0646. The number of nitrogens with one attached hydrogen (secondary N) is 1. The minimum absolute atomic E-state index is 0.00425. The van der Waals surface area contributed by atoms with Gasteiger partial charge in [-0.2, -0.15) is 0 Å². The lowest BCUT2D eigenvalue weighted by molar-refractivity contribution is -0.00257. The zero-order chi connectivity index (χ0) is 20.6. The van der Waals surface area contributed by atoms with Crippen LogP contribution >= 0.6 is 0 Å². The maximum atomic E-state index is 12.7. The third kappa shape index (κ3) is 3.98. The Morgan fingerprint density at radius 1 is 1.17 bits per heavy atom. The fourth-order valence-corrected chi connectivity index (χ4v) is 4.20. The highest BCUT2D eigenvalue weighted by molar-refractivity contribution is 5.97. The number of rotatable bonds is 4. The largest absolute Gasteiger partial charge is 0.507 e. The molecule has 1 aliphatic carbocycles. The molecule has 29 heavy (non-hydrogen) atoms. The SMILES string of the molecule is CC(C)(O)[C@H]1CC[C@H](NC(=O)c2ccc(-c3nccc4occc34)c(O)c2)CC1. The highest BCUT2D eigenvalue weighted by Crippen LogP contribution is 2.35. The molecule has 4 rings (SSSR count). The number of aliphatic hydroxyl groups is 1. The number of furan rings is 1. The third-order valence-electron chi connectivity index (χ3n) is 5.96. The van der Waals surface area contributed by atoms with E-state index in [0.29, 0.717) is 22.4 Å². The van der Waals surface area contributed by atoms with Crippen molar-refractivity contribution in [3.63, 3.8) is 0 Å². The smallest absolute Gasteiger partial charge is 0.251 e. The van der Waals surface area contributed by atoms with Crippen molar-refractivity contribution in [3.05, 3.63) is 48.4 Å². The minimum Gasteiger partial charge on any atom is -0.507 e. The molecular formula is C23H26N2O4. The molecule has 1 fully saturated rings. The van der Waals surface area contributed by atoms with Crippen LogP contribution in [0, 0.1) is 5.92 Å². The Morgan fingerprint density at radius 2 is 1.93 bits per heavy atom. The van der Waals surface area contributed by atoms with Gasteiger partial charge in [0.1, 0.15) is 11.3 Å². The van der Waals surface area contributed by atoms with Crippen molar-refractivity contribution in [2.45, 2.75) is 51.2 Å². The highest BCUT2D eigenvalue weighted by atomic mass is 16.3. The Hall–Kier alpha value is -2.86. The standard InChI is InChI=1S/C23H26N2O4/c1-23(2,28)15-4-6-16(7-5-15)25-22(27)14-3-8-17(19(26)13-14)21-18-10-12-29-20(18)9-11-24-21/h3,8-13,15-16,26,28H,4-7H2,1-2H3,(H,25,27)/t15-,16-. The van der Waals surface area contributed by atoms with E-state index in [2.05, 4.69) is 10.3 Å². The zero-order valence-electron chi connectivity index (χ0n) is 16.7. The molecular weight excluding hydrogens is 368 g/mol. The van der Waals surface area contributed by atoms with Gasteiger partial charge in [-0.15, -0.1) is 0 Å². The molecule has 0 aliphatic heterocycles. The van der Waals surface area contributed by atoms with Gasteiger partial charge in [0.05, 0.1) is 17.6 Å². The number of hydrogen-bond donors (Lipinski definition) is 3. The van der Waals surface area contributed by atoms with Crippen LogP contribution in [0.5, 0.6) is 5.75 Å². The van der Waals surface area contributed by atoms with E-state index in [4.69, 9.17) is 4.42 Å². The number of aromatic hydroxyl groups is 1. The van der Waals surface area contributed by atoms with E-state index >= 15 is 0 Å². The van der Waals surface area contributed by atoms with E-state index in [1.165, 1.54) is 6.07 Å². The summed E-state index contributed by atoms with van der Waals surface area (Å²) >= 11 is 0. The number of carbonyl (C=O) groups is 1. The summed E-state index contributed by atoms with van der Waals surface area (Å²) in [5, 5.41) is 24.6. The van der Waals surface area contributed by atoms with Gasteiger partial charge >= 0.3 is 0 Å². The molecule has 0 unspecified atom stereocenters. The number of hydrogen-bond acceptors (Lipinski definition) is 5. The molecule has 0 atom stereocenters. The number of amides is 1. The summed E-state index contributed by atoms with van der Waals surface area (Å²) in [6.45, 7) is 3.69. The van der Waals surface area contributed by atoms with E-state index in [1.807, 2.05) is 19.9 Å². The summed E-state index contributed by atoms with van der Waals surface area (Å²) in [4.78, 5) is 17.0. The van der Waals surface area contributed by atoms with E-state index in [0.717, 1.165) is 31.1 Å². The van der Waals surface area contributed by atoms with Crippen LogP contribution in [0.2, 0.25) is 0 Å². The molecule has 2 heterocycles. The van der Waals surface area contributed by atoms with Crippen molar-refractivity contribution < 1.29 is 19.4 Å². The van der Waals surface area contributed by atoms with Crippen LogP contribution in [0.4, 0.5) is 0 Å². The highest BCUT2D eigenvalue weighted by Gasteiger charge is 2.31. The monoisotopic (exact) mass is 394 g/mol. The van der Waals surface area contributed by atoms with Crippen molar-refractivity contribution >= 4 is 16.9 Å². The molecule has 1 saturated carbocycles. The number of pyridine rings is 1. The molecule has 3 aromatic rings. The second-order valence-electron chi connectivity index (χ2n) is 8.40. The average Bonchev–Trinajstić information content (AvgIpc) is 3.16. The zero-order valence-corrected chi connectivity index (χ0v) is 16.7. The molecule has 0 bridgehead atoms. The van der Waals surface area contributed by atoms with Gasteiger partial charge in [0.2, 0.25) is 0 Å². The van der Waals surface area contributed by atoms with Gasteiger partial charge in [-0.1, -0.05) is 0 Å². The number of benzene rings is 1. The predicted octanol–water partition coefficient (Wildman–Crippen LogP) is 4.26. The molecule has 1 aromatic carbocycles. The van der Waals surface area contributed by atoms with Crippen molar-refractivity contribution in [3.8, 4) is 17.0 Å². The van der Waals surface area contributed by atoms with E-state index in [1.54, 1.807) is 30.7 Å². The number of nitrogens with zero attached hydrogens (tertiary/aromatic N) is 1. The molecule has 152 valence electrons. The van der Waals surface area contributed by atoms with E-state index in [9.17, 15) is 15.0 Å². The van der Waals surface area contributed by atoms with Crippen LogP contribution in [0.15, 0.2) is 47.2 Å². The Bertz CT molecular complexity index is 1030. The van der Waals surface area contributed by atoms with Gasteiger partial charge < -0.3 is 19.9 Å². The van der Waals surface area contributed by atoms with Crippen LogP contribution in [0.25, 0.3) is 22.2 Å². The van der Waals surface area contributed by atoms with Gasteiger partial charge in [-0.05, 0) is 75.8 Å². The fraction of sp³-hybridized carbons (Fsp3) is 0.391. The molecule has 0 radical (unpaired) electrons. The first-order chi connectivity index (χ1) is 13.8.